The molecule has 1 aromatic carbocycles. The molecule has 21 heavy (non-hydrogen) atoms. The van der Waals surface area contributed by atoms with Gasteiger partial charge in [0.05, 0.1) is 0 Å². The van der Waals surface area contributed by atoms with Crippen LogP contribution in [0, 0.1) is 0 Å². The van der Waals surface area contributed by atoms with Gasteiger partial charge in [0.2, 0.25) is 0 Å². The van der Waals surface area contributed by atoms with Crippen molar-refractivity contribution in [1.82, 2.24) is 0 Å². The molecule has 0 aliphatic heterocycles. The van der Waals surface area contributed by atoms with E-state index in [0.29, 0.717) is 5.75 Å². The second-order valence-electron chi connectivity index (χ2n) is 5.92. The highest BCUT2D eigenvalue weighted by Crippen LogP contribution is 2.29. The smallest absolute Gasteiger partial charge is 0.115 e. The minimum atomic E-state index is 0.399. The molecule has 0 bridgehead atoms. The number of hydrogen-bond donors (Lipinski definition) is 1. The van der Waals surface area contributed by atoms with Crippen LogP contribution in [0.4, 0.5) is 0 Å². The lowest BCUT2D eigenvalue weighted by atomic mass is 9.92. The minimum absolute atomic E-state index is 0.399. The Morgan fingerprint density at radius 2 is 1.76 bits per heavy atom. The van der Waals surface area contributed by atoms with Gasteiger partial charge in [-0.05, 0) is 60.9 Å². The molecular weight excluding hydrogens is 256 g/mol. The Labute approximate surface area is 131 Å². The summed E-state index contributed by atoms with van der Waals surface area (Å²) >= 11 is 0. The SMILES string of the molecule is CCC/C=C(\CCCC)c1ccc(O)cc1CCCCC. The number of rotatable bonds is 10. The summed E-state index contributed by atoms with van der Waals surface area (Å²) in [6.07, 6.45) is 13.2. The van der Waals surface area contributed by atoms with Crippen LogP contribution in [0.3, 0.4) is 0 Å². The number of phenols is 1. The quantitative estimate of drug-likeness (QED) is 0.487. The second kappa shape index (κ2) is 10.5. The molecule has 0 unspecified atom stereocenters. The molecule has 1 heteroatoms. The third-order valence-electron chi connectivity index (χ3n) is 3.96. The van der Waals surface area contributed by atoms with Crippen LogP contribution >= 0.6 is 0 Å². The van der Waals surface area contributed by atoms with Gasteiger partial charge in [0, 0.05) is 0 Å². The van der Waals surface area contributed by atoms with Gasteiger partial charge in [-0.3, -0.25) is 0 Å². The Balaban J connectivity index is 2.98. The first-order valence-corrected chi connectivity index (χ1v) is 8.74. The zero-order chi connectivity index (χ0) is 15.5. The van der Waals surface area contributed by atoms with E-state index in [4.69, 9.17) is 0 Å². The lowest BCUT2D eigenvalue weighted by Gasteiger charge is -2.14. The molecule has 0 saturated heterocycles. The molecule has 0 aliphatic rings. The average Bonchev–Trinajstić information content (AvgIpc) is 2.49. The van der Waals surface area contributed by atoms with Crippen molar-refractivity contribution in [2.45, 2.75) is 78.6 Å². The van der Waals surface area contributed by atoms with Gasteiger partial charge in [0.1, 0.15) is 5.75 Å². The lowest BCUT2D eigenvalue weighted by Crippen LogP contribution is -1.95. The normalized spacial score (nSPS) is 11.9. The number of allylic oxidation sites excluding steroid dienone is 2. The van der Waals surface area contributed by atoms with Gasteiger partial charge in [0.15, 0.2) is 0 Å². The standard InChI is InChI=1S/C20H32O/c1-4-7-10-13-18-16-19(21)14-15-20(18)17(11-8-5-2)12-9-6-3/h11,14-16,21H,4-10,12-13H2,1-3H3/b17-11+. The van der Waals surface area contributed by atoms with Crippen molar-refractivity contribution in [3.63, 3.8) is 0 Å². The van der Waals surface area contributed by atoms with Crippen molar-refractivity contribution in [3.8, 4) is 5.75 Å². The van der Waals surface area contributed by atoms with E-state index in [9.17, 15) is 5.11 Å². The fourth-order valence-electron chi connectivity index (χ4n) is 2.70. The van der Waals surface area contributed by atoms with Gasteiger partial charge in [-0.2, -0.15) is 0 Å². The molecule has 0 amide bonds. The highest BCUT2D eigenvalue weighted by Gasteiger charge is 2.08. The van der Waals surface area contributed by atoms with Crippen molar-refractivity contribution in [2.24, 2.45) is 0 Å². The van der Waals surface area contributed by atoms with E-state index in [1.807, 2.05) is 12.1 Å². The fourth-order valence-corrected chi connectivity index (χ4v) is 2.70. The highest BCUT2D eigenvalue weighted by atomic mass is 16.3. The van der Waals surface area contributed by atoms with E-state index in [1.54, 1.807) is 0 Å². The summed E-state index contributed by atoms with van der Waals surface area (Å²) in [4.78, 5) is 0. The average molecular weight is 288 g/mol. The van der Waals surface area contributed by atoms with Crippen LogP contribution in [0.15, 0.2) is 24.3 Å². The van der Waals surface area contributed by atoms with E-state index >= 15 is 0 Å². The van der Waals surface area contributed by atoms with Crippen LogP contribution in [0.25, 0.3) is 5.57 Å². The molecule has 0 spiro atoms. The van der Waals surface area contributed by atoms with Gasteiger partial charge in [-0.15, -0.1) is 0 Å². The maximum absolute atomic E-state index is 9.81. The van der Waals surface area contributed by atoms with Crippen LogP contribution < -0.4 is 0 Å². The summed E-state index contributed by atoms with van der Waals surface area (Å²) in [5, 5.41) is 9.81. The Morgan fingerprint density at radius 3 is 2.43 bits per heavy atom. The molecule has 0 heterocycles. The van der Waals surface area contributed by atoms with Crippen LogP contribution in [0.1, 0.15) is 83.3 Å². The first-order valence-electron chi connectivity index (χ1n) is 8.74. The van der Waals surface area contributed by atoms with E-state index in [-0.39, 0.29) is 0 Å². The summed E-state index contributed by atoms with van der Waals surface area (Å²) in [6, 6.07) is 5.93. The van der Waals surface area contributed by atoms with Gasteiger partial charge in [-0.1, -0.05) is 58.6 Å². The van der Waals surface area contributed by atoms with Gasteiger partial charge in [0.25, 0.3) is 0 Å². The Morgan fingerprint density at radius 1 is 1.00 bits per heavy atom. The monoisotopic (exact) mass is 288 g/mol. The topological polar surface area (TPSA) is 20.2 Å². The molecule has 0 aliphatic carbocycles. The molecule has 1 aromatic rings. The number of aryl methyl sites for hydroxylation is 1. The molecule has 0 saturated carbocycles. The molecular formula is C20H32O. The third kappa shape index (κ3) is 6.37. The van der Waals surface area contributed by atoms with E-state index in [1.165, 1.54) is 55.2 Å². The zero-order valence-electron chi connectivity index (χ0n) is 14.1. The zero-order valence-corrected chi connectivity index (χ0v) is 14.1. The summed E-state index contributed by atoms with van der Waals surface area (Å²) in [5.74, 6) is 0.399. The largest absolute Gasteiger partial charge is 0.508 e. The van der Waals surface area contributed by atoms with Gasteiger partial charge >= 0.3 is 0 Å². The minimum Gasteiger partial charge on any atom is -0.508 e. The molecule has 1 rings (SSSR count). The number of aromatic hydroxyl groups is 1. The number of hydrogen-bond acceptors (Lipinski definition) is 1. The van der Waals surface area contributed by atoms with Gasteiger partial charge in [-0.25, -0.2) is 0 Å². The Kier molecular flexibility index (Phi) is 8.89. The van der Waals surface area contributed by atoms with Crippen molar-refractivity contribution < 1.29 is 5.11 Å². The maximum atomic E-state index is 9.81. The number of unbranched alkanes of at least 4 members (excludes halogenated alkanes) is 4. The molecule has 0 aromatic heterocycles. The molecule has 0 radical (unpaired) electrons. The van der Waals surface area contributed by atoms with E-state index in [0.717, 1.165) is 19.3 Å². The summed E-state index contributed by atoms with van der Waals surface area (Å²) in [6.45, 7) is 6.71. The highest BCUT2D eigenvalue weighted by molar-refractivity contribution is 5.69. The maximum Gasteiger partial charge on any atom is 0.115 e. The van der Waals surface area contributed by atoms with Crippen molar-refractivity contribution >= 4 is 5.57 Å². The predicted molar refractivity (Wildman–Crippen MR) is 93.7 cm³/mol. The number of benzene rings is 1. The van der Waals surface area contributed by atoms with Crippen LogP contribution in [0.2, 0.25) is 0 Å². The molecule has 0 fully saturated rings. The van der Waals surface area contributed by atoms with Crippen molar-refractivity contribution in [2.75, 3.05) is 0 Å². The van der Waals surface area contributed by atoms with Gasteiger partial charge < -0.3 is 5.11 Å². The first kappa shape index (κ1) is 17.8. The van der Waals surface area contributed by atoms with Crippen LogP contribution in [0.5, 0.6) is 5.75 Å². The van der Waals surface area contributed by atoms with E-state index in [2.05, 4.69) is 32.9 Å². The number of phenolic OH excluding ortho intramolecular Hbond substituents is 1. The second-order valence-corrected chi connectivity index (χ2v) is 5.92. The molecule has 1 nitrogen and oxygen atoms in total. The van der Waals surface area contributed by atoms with Crippen molar-refractivity contribution in [1.29, 1.82) is 0 Å². The van der Waals surface area contributed by atoms with E-state index < -0.39 is 0 Å². The summed E-state index contributed by atoms with van der Waals surface area (Å²) < 4.78 is 0. The first-order chi connectivity index (χ1) is 10.2. The molecule has 118 valence electrons. The van der Waals surface area contributed by atoms with Crippen molar-refractivity contribution in [3.05, 3.63) is 35.4 Å². The Hall–Kier alpha value is -1.24. The third-order valence-corrected chi connectivity index (χ3v) is 3.96. The van der Waals surface area contributed by atoms with Crippen LogP contribution in [-0.2, 0) is 6.42 Å². The fraction of sp³-hybridized carbons (Fsp3) is 0.600. The molecule has 1 N–H and O–H groups in total. The van der Waals surface area contributed by atoms with Crippen LogP contribution in [-0.4, -0.2) is 5.11 Å². The summed E-state index contributed by atoms with van der Waals surface area (Å²) in [7, 11) is 0. The summed E-state index contributed by atoms with van der Waals surface area (Å²) in [5.41, 5.74) is 4.16. The molecule has 0 atom stereocenters. The lowest BCUT2D eigenvalue weighted by molar-refractivity contribution is 0.474. The Bertz CT molecular complexity index is 431. The predicted octanol–water partition coefficient (Wildman–Crippen LogP) is 6.50.